The Hall–Kier alpha value is -2.87. The van der Waals surface area contributed by atoms with Gasteiger partial charge < -0.3 is 30.2 Å². The molecule has 0 amide bonds. The topological polar surface area (TPSA) is 25.3 Å². The van der Waals surface area contributed by atoms with Gasteiger partial charge in [-0.3, -0.25) is 0 Å². The van der Waals surface area contributed by atoms with Crippen LogP contribution in [-0.4, -0.2) is 4.70 Å². The first-order valence-electron chi connectivity index (χ1n) is 42.1. The Morgan fingerprint density at radius 3 is 0.768 bits per heavy atom. The van der Waals surface area contributed by atoms with Crippen molar-refractivity contribution in [1.29, 1.82) is 0 Å². The molecular weight excluding hydrogens is 1190 g/mol. The van der Waals surface area contributed by atoms with Crippen LogP contribution in [0.15, 0.2) is 35.4 Å². The average molecular weight is 1350 g/mol. The van der Waals surface area contributed by atoms with E-state index in [0.29, 0.717) is 0 Å². The van der Waals surface area contributed by atoms with Crippen LogP contribution in [-0.2, 0) is 35.8 Å². The van der Waals surface area contributed by atoms with E-state index in [1.54, 1.807) is 10.3 Å². The Kier molecular flexibility index (Phi) is 66.2. The first-order valence-corrected chi connectivity index (χ1v) is 42.1. The standard InChI is InChI=1S/C40H60N2.2C26H49.Ni/c1-9-14-16-17-18-19-24-38-37(23-15-10-2)39(34-25-29(6)31(8)30(7)26-34)42(41)40(38)35-27-32(20-11-3)36(22-13-5)33(28-35)21-12-4;2*1-3-5-7-9-11-13-15-17-19-21-23-25-26-24-22-20-18-16-14-12-10-8-6-4-2;/h25-28H,9-24H2,1-8H3;2*3,5-26H2,1H3;/q;2*-1;+2. The minimum absolute atomic E-state index is 0. The number of unbranched alkanes of at least 4 members (excludes halogenated alkanes) is 50. The summed E-state index contributed by atoms with van der Waals surface area (Å²) in [6.45, 7) is 22.7. The van der Waals surface area contributed by atoms with Gasteiger partial charge in [0, 0.05) is 22.3 Å². The number of allylic oxidation sites excluding steroid dienone is 2. The van der Waals surface area contributed by atoms with Gasteiger partial charge in [0.15, 0.2) is 0 Å². The zero-order valence-electron chi connectivity index (χ0n) is 65.4. The smallest absolute Gasteiger partial charge is 0.694 e. The van der Waals surface area contributed by atoms with Gasteiger partial charge in [-0.15, -0.1) is 0 Å². The zero-order valence-corrected chi connectivity index (χ0v) is 66.3. The monoisotopic (exact) mass is 1350 g/mol. The van der Waals surface area contributed by atoms with Gasteiger partial charge in [-0.25, -0.2) is 4.70 Å². The molecule has 2 aromatic rings. The van der Waals surface area contributed by atoms with E-state index < -0.39 is 0 Å². The fourth-order valence-electron chi connectivity index (χ4n) is 14.5. The van der Waals surface area contributed by atoms with Crippen molar-refractivity contribution in [2.24, 2.45) is 0 Å². The second kappa shape index (κ2) is 68.3. The molecule has 95 heavy (non-hydrogen) atoms. The Morgan fingerprint density at radius 1 is 0.284 bits per heavy atom. The SMILES string of the molecule is CCCCCCCCC1=C(c2cc(CCC)c(CCC)c(CCC)c2)[N+](=[N-])C(c2cc(C)c(C)c(C)c2)=C1CCCC.[C-]#CCCCCCCCCCCCCCCCCCCCCCCCC.[C-]#CCCCCCCCCCCCCCCCCCCCCCCCC.[Ni+2]. The summed E-state index contributed by atoms with van der Waals surface area (Å²) in [5.41, 5.74) is 28.0. The van der Waals surface area contributed by atoms with E-state index in [-0.39, 0.29) is 16.5 Å². The number of hydrogen-bond donors (Lipinski definition) is 0. The number of aryl methyl sites for hydroxylation is 4. The maximum Gasteiger partial charge on any atom is 2.00 e. The maximum atomic E-state index is 12.3. The molecule has 0 aliphatic carbocycles. The van der Waals surface area contributed by atoms with Crippen molar-refractivity contribution in [1.82, 2.24) is 0 Å². The molecule has 0 spiro atoms. The van der Waals surface area contributed by atoms with Gasteiger partial charge in [0.2, 0.25) is 11.4 Å². The Balaban J connectivity index is 0.00000146. The summed E-state index contributed by atoms with van der Waals surface area (Å²) in [6, 6.07) is 9.49. The van der Waals surface area contributed by atoms with Crippen molar-refractivity contribution < 1.29 is 21.2 Å². The molecule has 1 aliphatic heterocycles. The Labute approximate surface area is 606 Å². The molecule has 0 atom stereocenters. The van der Waals surface area contributed by atoms with Gasteiger partial charge in [0.25, 0.3) is 0 Å². The third kappa shape index (κ3) is 47.0. The van der Waals surface area contributed by atoms with E-state index in [9.17, 15) is 5.53 Å². The van der Waals surface area contributed by atoms with Crippen LogP contribution in [0.2, 0.25) is 0 Å². The maximum absolute atomic E-state index is 12.3. The fraction of sp³-hybridized carbons (Fsp3) is 0.783. The molecule has 1 heterocycles. The van der Waals surface area contributed by atoms with Crippen molar-refractivity contribution in [3.05, 3.63) is 98.3 Å². The first kappa shape index (κ1) is 92.1. The number of hydrogen-bond acceptors (Lipinski definition) is 0. The van der Waals surface area contributed by atoms with E-state index in [1.165, 1.54) is 372 Å². The summed E-state index contributed by atoms with van der Waals surface area (Å²) in [7, 11) is 0. The van der Waals surface area contributed by atoms with Gasteiger partial charge >= 0.3 is 16.5 Å². The van der Waals surface area contributed by atoms with Crippen LogP contribution < -0.4 is 0 Å². The molecule has 2 aromatic carbocycles. The van der Waals surface area contributed by atoms with Crippen molar-refractivity contribution in [2.75, 3.05) is 0 Å². The van der Waals surface area contributed by atoms with Gasteiger partial charge in [-0.2, -0.15) is 0 Å². The summed E-state index contributed by atoms with van der Waals surface area (Å²) in [4.78, 5) is 0. The van der Waals surface area contributed by atoms with Crippen LogP contribution in [0, 0.1) is 45.5 Å². The van der Waals surface area contributed by atoms with Crippen LogP contribution in [0.4, 0.5) is 0 Å². The van der Waals surface area contributed by atoms with Crippen molar-refractivity contribution in [2.45, 2.75) is 467 Å². The fourth-order valence-corrected chi connectivity index (χ4v) is 14.5. The molecular formula is C92H158N2Ni. The zero-order chi connectivity index (χ0) is 68.6. The van der Waals surface area contributed by atoms with Crippen LogP contribution >= 0.6 is 0 Å². The minimum atomic E-state index is 0. The molecule has 0 aromatic heterocycles. The molecule has 0 saturated carbocycles. The predicted molar refractivity (Wildman–Crippen MR) is 422 cm³/mol. The van der Waals surface area contributed by atoms with E-state index in [0.717, 1.165) is 87.6 Å². The van der Waals surface area contributed by atoms with Crippen LogP contribution in [0.25, 0.3) is 16.9 Å². The van der Waals surface area contributed by atoms with Crippen LogP contribution in [0.1, 0.15) is 472 Å². The van der Waals surface area contributed by atoms with E-state index >= 15 is 0 Å². The van der Waals surface area contributed by atoms with Gasteiger partial charge in [0.05, 0.1) is 0 Å². The normalized spacial score (nSPS) is 12.0. The Bertz CT molecular complexity index is 2130. The molecule has 0 bridgehead atoms. The molecule has 0 saturated heterocycles. The second-order valence-electron chi connectivity index (χ2n) is 29.5. The van der Waals surface area contributed by atoms with Crippen molar-refractivity contribution in [3.63, 3.8) is 0 Å². The quantitative estimate of drug-likeness (QED) is 0.0207. The number of benzene rings is 2. The van der Waals surface area contributed by atoms with Gasteiger partial charge in [0.1, 0.15) is 0 Å². The molecule has 2 nitrogen and oxygen atoms in total. The first-order chi connectivity index (χ1) is 46.1. The molecule has 3 heteroatoms. The largest absolute Gasteiger partial charge is 2.00 e. The van der Waals surface area contributed by atoms with Crippen LogP contribution in [0.5, 0.6) is 0 Å². The van der Waals surface area contributed by atoms with Gasteiger partial charge in [-0.05, 0) is 149 Å². The molecule has 1 aliphatic rings. The molecule has 3 rings (SSSR count). The molecule has 0 unspecified atom stereocenters. The third-order valence-corrected chi connectivity index (χ3v) is 20.7. The Morgan fingerprint density at radius 2 is 0.516 bits per heavy atom. The third-order valence-electron chi connectivity index (χ3n) is 20.7. The van der Waals surface area contributed by atoms with Crippen LogP contribution in [0.3, 0.4) is 0 Å². The minimum Gasteiger partial charge on any atom is -0.694 e. The summed E-state index contributed by atoms with van der Waals surface area (Å²) >= 11 is 0. The summed E-state index contributed by atoms with van der Waals surface area (Å²) in [6.07, 6.45) is 97.3. The molecule has 0 fully saturated rings. The molecule has 0 N–H and O–H groups in total. The van der Waals surface area contributed by atoms with E-state index in [1.807, 2.05) is 0 Å². The summed E-state index contributed by atoms with van der Waals surface area (Å²) in [5.74, 6) is 4.96. The summed E-state index contributed by atoms with van der Waals surface area (Å²) < 4.78 is 1.61. The van der Waals surface area contributed by atoms with E-state index in [2.05, 4.69) is 105 Å². The van der Waals surface area contributed by atoms with Gasteiger partial charge in [-0.1, -0.05) is 376 Å². The van der Waals surface area contributed by atoms with Crippen molar-refractivity contribution >= 4 is 11.4 Å². The molecule has 546 valence electrons. The summed E-state index contributed by atoms with van der Waals surface area (Å²) in [5, 5.41) is 0. The van der Waals surface area contributed by atoms with E-state index in [4.69, 9.17) is 12.8 Å². The number of nitrogens with zero attached hydrogens (tertiary/aromatic N) is 2. The average Bonchev–Trinajstić information content (AvgIpc) is 1.62. The second-order valence-corrected chi connectivity index (χ2v) is 29.5. The predicted octanol–water partition coefficient (Wildman–Crippen LogP) is 31.7. The molecule has 0 radical (unpaired) electrons. The number of rotatable bonds is 62. The van der Waals surface area contributed by atoms with Crippen molar-refractivity contribution in [3.8, 4) is 11.8 Å².